The first-order chi connectivity index (χ1) is 15.3. The lowest BCUT2D eigenvalue weighted by Crippen LogP contribution is -2.22. The van der Waals surface area contributed by atoms with Crippen LogP contribution in [0, 0.1) is 10.1 Å². The monoisotopic (exact) mass is 447 g/mol. The van der Waals surface area contributed by atoms with Crippen LogP contribution < -0.4 is 5.56 Å². The third-order valence-electron chi connectivity index (χ3n) is 4.77. The molecule has 9 heteroatoms. The summed E-state index contributed by atoms with van der Waals surface area (Å²) in [6.07, 6.45) is 3.15. The van der Waals surface area contributed by atoms with E-state index < -0.39 is 10.9 Å². The highest BCUT2D eigenvalue weighted by Gasteiger charge is 2.14. The van der Waals surface area contributed by atoms with Crippen LogP contribution in [0.1, 0.15) is 21.7 Å². The topological polar surface area (TPSA) is 115 Å². The standard InChI is InChI=1S/C23H14ClN3O5/c24-18-11-5-14(13-20(18)27(31)32)6-12-21-25-19-4-2-1-3-17(19)22(28)26(21)16-9-7-15(8-10-16)23(29)30/h1-13H,(H,29,30)/b12-6+. The molecule has 32 heavy (non-hydrogen) atoms. The van der Waals surface area contributed by atoms with Crippen molar-refractivity contribution in [3.8, 4) is 5.69 Å². The zero-order valence-corrected chi connectivity index (χ0v) is 17.1. The summed E-state index contributed by atoms with van der Waals surface area (Å²) in [6, 6.07) is 17.0. The van der Waals surface area contributed by atoms with Crippen LogP contribution in [0.4, 0.5) is 5.69 Å². The van der Waals surface area contributed by atoms with Gasteiger partial charge < -0.3 is 5.11 Å². The molecule has 4 aromatic rings. The van der Waals surface area contributed by atoms with Gasteiger partial charge >= 0.3 is 5.97 Å². The average molecular weight is 448 g/mol. The molecule has 0 unspecified atom stereocenters. The van der Waals surface area contributed by atoms with Crippen LogP contribution in [0.2, 0.25) is 5.02 Å². The van der Waals surface area contributed by atoms with Gasteiger partial charge in [0.05, 0.1) is 27.1 Å². The molecule has 0 radical (unpaired) electrons. The maximum absolute atomic E-state index is 13.2. The van der Waals surface area contributed by atoms with Gasteiger partial charge in [0.2, 0.25) is 0 Å². The summed E-state index contributed by atoms with van der Waals surface area (Å²) in [5.41, 5.74) is 0.928. The van der Waals surface area contributed by atoms with Gasteiger partial charge in [-0.2, -0.15) is 0 Å². The van der Waals surface area contributed by atoms with E-state index >= 15 is 0 Å². The minimum atomic E-state index is -1.08. The number of fused-ring (bicyclic) bond motifs is 1. The Balaban J connectivity index is 1.88. The Bertz CT molecular complexity index is 1460. The Morgan fingerprint density at radius 2 is 1.78 bits per heavy atom. The number of nitrogens with zero attached hydrogens (tertiary/aromatic N) is 3. The Morgan fingerprint density at radius 1 is 1.06 bits per heavy atom. The molecule has 158 valence electrons. The first kappa shape index (κ1) is 21.0. The van der Waals surface area contributed by atoms with Gasteiger partial charge in [0.15, 0.2) is 0 Å². The number of aromatic carboxylic acids is 1. The highest BCUT2D eigenvalue weighted by atomic mass is 35.5. The number of nitro groups is 1. The zero-order chi connectivity index (χ0) is 22.8. The van der Waals surface area contributed by atoms with Crippen LogP contribution in [-0.2, 0) is 0 Å². The van der Waals surface area contributed by atoms with E-state index in [1.807, 2.05) is 0 Å². The molecule has 0 spiro atoms. The van der Waals surface area contributed by atoms with Crippen LogP contribution in [0.25, 0.3) is 28.7 Å². The third-order valence-corrected chi connectivity index (χ3v) is 5.09. The second-order valence-electron chi connectivity index (χ2n) is 6.78. The lowest BCUT2D eigenvalue weighted by atomic mass is 10.1. The first-order valence-electron chi connectivity index (χ1n) is 9.33. The summed E-state index contributed by atoms with van der Waals surface area (Å²) in [5, 5.41) is 20.7. The smallest absolute Gasteiger partial charge is 0.335 e. The Labute approximate surface area is 185 Å². The molecule has 8 nitrogen and oxygen atoms in total. The fraction of sp³-hybridized carbons (Fsp3) is 0. The van der Waals surface area contributed by atoms with Gasteiger partial charge in [-0.1, -0.05) is 35.9 Å². The van der Waals surface area contributed by atoms with Crippen molar-refractivity contribution in [3.05, 3.63) is 109 Å². The van der Waals surface area contributed by atoms with E-state index in [0.29, 0.717) is 22.2 Å². The Kier molecular flexibility index (Phi) is 5.53. The SMILES string of the molecule is O=C(O)c1ccc(-n2c(/C=C/c3ccc(Cl)c([N+](=O)[O-])c3)nc3ccccc3c2=O)cc1. The molecule has 0 saturated carbocycles. The van der Waals surface area contributed by atoms with Crippen molar-refractivity contribution in [1.82, 2.24) is 9.55 Å². The maximum atomic E-state index is 13.2. The van der Waals surface area contributed by atoms with Gasteiger partial charge in [-0.05, 0) is 54.1 Å². The van der Waals surface area contributed by atoms with E-state index in [0.717, 1.165) is 0 Å². The van der Waals surface area contributed by atoms with E-state index in [1.54, 1.807) is 42.5 Å². The second-order valence-corrected chi connectivity index (χ2v) is 7.19. The number of aromatic nitrogens is 2. The molecule has 0 bridgehead atoms. The molecule has 0 aliphatic heterocycles. The van der Waals surface area contributed by atoms with E-state index in [2.05, 4.69) is 4.98 Å². The molecule has 4 rings (SSSR count). The molecule has 1 N–H and O–H groups in total. The van der Waals surface area contributed by atoms with Crippen molar-refractivity contribution in [2.24, 2.45) is 0 Å². The molecular weight excluding hydrogens is 434 g/mol. The lowest BCUT2D eigenvalue weighted by Gasteiger charge is -2.11. The first-order valence-corrected chi connectivity index (χ1v) is 9.70. The maximum Gasteiger partial charge on any atom is 0.335 e. The number of hydrogen-bond donors (Lipinski definition) is 1. The largest absolute Gasteiger partial charge is 0.478 e. The minimum absolute atomic E-state index is 0.0198. The molecule has 0 aliphatic carbocycles. The van der Waals surface area contributed by atoms with Gasteiger partial charge in [0.25, 0.3) is 11.2 Å². The summed E-state index contributed by atoms with van der Waals surface area (Å²) in [4.78, 5) is 39.5. The zero-order valence-electron chi connectivity index (χ0n) is 16.3. The van der Waals surface area contributed by atoms with Gasteiger partial charge in [-0.25, -0.2) is 9.78 Å². The van der Waals surface area contributed by atoms with Crippen molar-refractivity contribution in [2.45, 2.75) is 0 Å². The summed E-state index contributed by atoms with van der Waals surface area (Å²) >= 11 is 5.87. The molecule has 0 amide bonds. The highest BCUT2D eigenvalue weighted by molar-refractivity contribution is 6.32. The molecular formula is C23H14ClN3O5. The van der Waals surface area contributed by atoms with Crippen molar-refractivity contribution >= 4 is 46.3 Å². The summed E-state index contributed by atoms with van der Waals surface area (Å²) < 4.78 is 1.36. The fourth-order valence-corrected chi connectivity index (χ4v) is 3.39. The molecule has 3 aromatic carbocycles. The normalized spacial score (nSPS) is 11.2. The summed E-state index contributed by atoms with van der Waals surface area (Å²) in [5.74, 6) is -0.806. The number of halogens is 1. The van der Waals surface area contributed by atoms with Crippen molar-refractivity contribution < 1.29 is 14.8 Å². The minimum Gasteiger partial charge on any atom is -0.478 e. The quantitative estimate of drug-likeness (QED) is 0.346. The van der Waals surface area contributed by atoms with Gasteiger partial charge in [0.1, 0.15) is 10.8 Å². The number of hydrogen-bond acceptors (Lipinski definition) is 5. The van der Waals surface area contributed by atoms with Crippen LogP contribution in [-0.4, -0.2) is 25.6 Å². The second kappa shape index (κ2) is 8.44. The lowest BCUT2D eigenvalue weighted by molar-refractivity contribution is -0.384. The van der Waals surface area contributed by atoms with Crippen LogP contribution in [0.3, 0.4) is 0 Å². The predicted octanol–water partition coefficient (Wildman–Crippen LogP) is 4.82. The Hall–Kier alpha value is -4.30. The van der Waals surface area contributed by atoms with E-state index in [4.69, 9.17) is 16.7 Å². The van der Waals surface area contributed by atoms with Gasteiger partial charge in [-0.3, -0.25) is 19.5 Å². The highest BCUT2D eigenvalue weighted by Crippen LogP contribution is 2.26. The molecule has 1 aromatic heterocycles. The van der Waals surface area contributed by atoms with E-state index in [9.17, 15) is 19.7 Å². The molecule has 0 aliphatic rings. The number of carbonyl (C=O) groups is 1. The van der Waals surface area contributed by atoms with Crippen molar-refractivity contribution in [1.29, 1.82) is 0 Å². The van der Waals surface area contributed by atoms with E-state index in [1.165, 1.54) is 41.0 Å². The van der Waals surface area contributed by atoms with Gasteiger partial charge in [0, 0.05) is 6.07 Å². The number of carboxylic acids is 1. The number of para-hydroxylation sites is 1. The number of rotatable bonds is 5. The van der Waals surface area contributed by atoms with Crippen LogP contribution in [0.5, 0.6) is 0 Å². The Morgan fingerprint density at radius 3 is 2.47 bits per heavy atom. The number of nitro benzene ring substituents is 1. The fourth-order valence-electron chi connectivity index (χ4n) is 3.21. The molecule has 0 fully saturated rings. The molecule has 1 heterocycles. The van der Waals surface area contributed by atoms with Crippen molar-refractivity contribution in [2.75, 3.05) is 0 Å². The third kappa shape index (κ3) is 3.99. The average Bonchev–Trinajstić information content (AvgIpc) is 2.78. The molecule has 0 saturated heterocycles. The van der Waals surface area contributed by atoms with Crippen LogP contribution in [0.15, 0.2) is 71.5 Å². The van der Waals surface area contributed by atoms with E-state index in [-0.39, 0.29) is 27.7 Å². The number of benzene rings is 3. The van der Waals surface area contributed by atoms with Gasteiger partial charge in [-0.15, -0.1) is 0 Å². The number of carboxylic acid groups (broad SMARTS) is 1. The van der Waals surface area contributed by atoms with Crippen LogP contribution >= 0.6 is 11.6 Å². The summed E-state index contributed by atoms with van der Waals surface area (Å²) in [7, 11) is 0. The molecule has 0 atom stereocenters. The van der Waals surface area contributed by atoms with Crippen molar-refractivity contribution in [3.63, 3.8) is 0 Å². The predicted molar refractivity (Wildman–Crippen MR) is 121 cm³/mol. The summed E-state index contributed by atoms with van der Waals surface area (Å²) in [6.45, 7) is 0.